The van der Waals surface area contributed by atoms with E-state index in [0.29, 0.717) is 11.6 Å². The van der Waals surface area contributed by atoms with E-state index >= 15 is 0 Å². The number of halogens is 1. The number of benzene rings is 1. The second-order valence-corrected chi connectivity index (χ2v) is 6.73. The molecule has 0 saturated carbocycles. The van der Waals surface area contributed by atoms with Crippen LogP contribution in [0.15, 0.2) is 18.2 Å². The molecular formula is C15H18ClN3O2S. The summed E-state index contributed by atoms with van der Waals surface area (Å²) < 4.78 is 5.11. The molecule has 1 atom stereocenters. The minimum Gasteiger partial charge on any atom is -0.508 e. The Bertz CT molecular complexity index is 697. The Kier molecular flexibility index (Phi) is 4.25. The van der Waals surface area contributed by atoms with E-state index in [2.05, 4.69) is 14.6 Å². The summed E-state index contributed by atoms with van der Waals surface area (Å²) in [5.74, 6) is 0.717. The Labute approximate surface area is 138 Å². The number of fused-ring (bicyclic) bond motifs is 4. The second-order valence-electron chi connectivity index (χ2n) is 5.93. The molecule has 0 unspecified atom stereocenters. The normalized spacial score (nSPS) is 26.6. The minimum atomic E-state index is -0.0920. The number of hydrogen-bond donors (Lipinski definition) is 2. The molecule has 3 fully saturated rings. The number of phenols is 1. The molecule has 0 radical (unpaired) electrons. The molecule has 5 rings (SSSR count). The predicted octanol–water partition coefficient (Wildman–Crippen LogP) is 2.25. The molecule has 3 aliphatic heterocycles. The number of aromatic hydroxyl groups is 1. The molecule has 1 aromatic carbocycles. The Morgan fingerprint density at radius 1 is 1.36 bits per heavy atom. The molecule has 5 nitrogen and oxygen atoms in total. The molecule has 7 heteroatoms. The lowest BCUT2D eigenvalue weighted by molar-refractivity contribution is 0.0619. The van der Waals surface area contributed by atoms with Crippen LogP contribution in [0.25, 0.3) is 10.1 Å². The number of nitrogens with one attached hydrogen (secondary N) is 1. The van der Waals surface area contributed by atoms with Gasteiger partial charge in [-0.25, -0.2) is 0 Å². The third-order valence-electron chi connectivity index (χ3n) is 4.64. The van der Waals surface area contributed by atoms with E-state index in [1.54, 1.807) is 18.2 Å². The van der Waals surface area contributed by atoms with Gasteiger partial charge in [0, 0.05) is 18.0 Å². The topological polar surface area (TPSA) is 65.5 Å². The molecule has 1 aromatic heterocycles. The van der Waals surface area contributed by atoms with Gasteiger partial charge in [-0.05, 0) is 61.6 Å². The van der Waals surface area contributed by atoms with E-state index in [0.717, 1.165) is 29.7 Å². The summed E-state index contributed by atoms with van der Waals surface area (Å²) in [6.45, 7) is 3.28. The van der Waals surface area contributed by atoms with Crippen LogP contribution in [0.2, 0.25) is 0 Å². The van der Waals surface area contributed by atoms with Crippen LogP contribution in [0.3, 0.4) is 0 Å². The van der Waals surface area contributed by atoms with E-state index in [9.17, 15) is 9.90 Å². The molecule has 3 aliphatic rings. The molecule has 2 N–H and O–H groups in total. The van der Waals surface area contributed by atoms with E-state index in [4.69, 9.17) is 0 Å². The van der Waals surface area contributed by atoms with Crippen LogP contribution in [-0.4, -0.2) is 46.0 Å². The maximum atomic E-state index is 12.5. The number of phenolic OH excluding ortho intramolecular Hbond substituents is 1. The molecule has 4 heterocycles. The smallest absolute Gasteiger partial charge is 0.271 e. The molecule has 22 heavy (non-hydrogen) atoms. The number of rotatable bonds is 2. The zero-order valence-corrected chi connectivity index (χ0v) is 13.6. The highest BCUT2D eigenvalue weighted by atomic mass is 35.5. The largest absolute Gasteiger partial charge is 0.508 e. The van der Waals surface area contributed by atoms with Crippen molar-refractivity contribution in [1.29, 1.82) is 0 Å². The fourth-order valence-electron chi connectivity index (χ4n) is 3.46. The first-order chi connectivity index (χ1) is 10.2. The van der Waals surface area contributed by atoms with Crippen LogP contribution >= 0.6 is 23.9 Å². The standard InChI is InChI=1S/C15H17N3O2S.ClH/c19-10-1-2-11-13(7-10)21-17-14(11)15(20)16-12-8-18-5-3-9(12)4-6-18;/h1-2,7,9,12,19H,3-6,8H2,(H,16,20);1H/t12-;/m1./s1. The Morgan fingerprint density at radius 3 is 2.82 bits per heavy atom. The lowest BCUT2D eigenvalue weighted by Crippen LogP contribution is -2.57. The highest BCUT2D eigenvalue weighted by Gasteiger charge is 2.35. The summed E-state index contributed by atoms with van der Waals surface area (Å²) in [4.78, 5) is 14.9. The zero-order chi connectivity index (χ0) is 14.4. The van der Waals surface area contributed by atoms with E-state index in [-0.39, 0.29) is 30.1 Å². The van der Waals surface area contributed by atoms with Crippen molar-refractivity contribution in [3.05, 3.63) is 23.9 Å². The summed E-state index contributed by atoms with van der Waals surface area (Å²) in [6.07, 6.45) is 2.35. The maximum Gasteiger partial charge on any atom is 0.271 e. The number of piperidine rings is 3. The van der Waals surface area contributed by atoms with Gasteiger partial charge in [0.15, 0.2) is 0 Å². The summed E-state index contributed by atoms with van der Waals surface area (Å²) in [7, 11) is 0. The summed E-state index contributed by atoms with van der Waals surface area (Å²) >= 11 is 1.25. The molecular weight excluding hydrogens is 322 g/mol. The van der Waals surface area contributed by atoms with E-state index < -0.39 is 0 Å². The first-order valence-corrected chi connectivity index (χ1v) is 8.09. The van der Waals surface area contributed by atoms with Crippen molar-refractivity contribution in [2.24, 2.45) is 5.92 Å². The van der Waals surface area contributed by atoms with Crippen molar-refractivity contribution < 1.29 is 9.90 Å². The number of nitrogens with zero attached hydrogens (tertiary/aromatic N) is 2. The number of aromatic nitrogens is 1. The number of carbonyl (C=O) groups excluding carboxylic acids is 1. The zero-order valence-electron chi connectivity index (χ0n) is 12.0. The van der Waals surface area contributed by atoms with E-state index in [1.807, 2.05) is 0 Å². The first kappa shape index (κ1) is 15.5. The Morgan fingerprint density at radius 2 is 2.14 bits per heavy atom. The second kappa shape index (κ2) is 6.02. The third kappa shape index (κ3) is 2.66. The van der Waals surface area contributed by atoms with Gasteiger partial charge in [-0.15, -0.1) is 12.4 Å². The van der Waals surface area contributed by atoms with Gasteiger partial charge in [0.25, 0.3) is 5.91 Å². The fraction of sp³-hybridized carbons (Fsp3) is 0.467. The number of hydrogen-bond acceptors (Lipinski definition) is 5. The molecule has 0 spiro atoms. The van der Waals surface area contributed by atoms with Gasteiger partial charge < -0.3 is 15.3 Å². The Hall–Kier alpha value is -1.37. The van der Waals surface area contributed by atoms with Crippen LogP contribution in [0.4, 0.5) is 0 Å². The average Bonchev–Trinajstić information content (AvgIpc) is 2.91. The average molecular weight is 340 g/mol. The highest BCUT2D eigenvalue weighted by Crippen LogP contribution is 2.29. The number of amides is 1. The van der Waals surface area contributed by atoms with Crippen molar-refractivity contribution in [3.63, 3.8) is 0 Å². The third-order valence-corrected chi connectivity index (χ3v) is 5.45. The van der Waals surface area contributed by atoms with E-state index in [1.165, 1.54) is 24.4 Å². The van der Waals surface area contributed by atoms with Crippen LogP contribution in [0, 0.1) is 5.92 Å². The quantitative estimate of drug-likeness (QED) is 0.880. The van der Waals surface area contributed by atoms with Gasteiger partial charge in [-0.3, -0.25) is 4.79 Å². The van der Waals surface area contributed by atoms with Crippen LogP contribution in [-0.2, 0) is 0 Å². The fourth-order valence-corrected chi connectivity index (χ4v) is 4.26. The van der Waals surface area contributed by atoms with Crippen molar-refractivity contribution in [3.8, 4) is 5.75 Å². The van der Waals surface area contributed by atoms with Gasteiger partial charge in [0.05, 0.1) is 4.70 Å². The minimum absolute atomic E-state index is 0. The van der Waals surface area contributed by atoms with Gasteiger partial charge in [0.1, 0.15) is 11.4 Å². The van der Waals surface area contributed by atoms with Gasteiger partial charge in [-0.2, -0.15) is 4.37 Å². The summed E-state index contributed by atoms with van der Waals surface area (Å²) in [5, 5.41) is 13.5. The summed E-state index contributed by atoms with van der Waals surface area (Å²) in [6, 6.07) is 5.26. The monoisotopic (exact) mass is 339 g/mol. The van der Waals surface area contributed by atoms with Crippen LogP contribution in [0.1, 0.15) is 23.3 Å². The lowest BCUT2D eigenvalue weighted by Gasteiger charge is -2.44. The lowest BCUT2D eigenvalue weighted by atomic mass is 9.84. The molecule has 2 aromatic rings. The highest BCUT2D eigenvalue weighted by molar-refractivity contribution is 7.13. The van der Waals surface area contributed by atoms with Crippen molar-refractivity contribution in [1.82, 2.24) is 14.6 Å². The Balaban J connectivity index is 0.00000144. The van der Waals surface area contributed by atoms with Gasteiger partial charge >= 0.3 is 0 Å². The molecule has 3 saturated heterocycles. The number of carbonyl (C=O) groups is 1. The van der Waals surface area contributed by atoms with Crippen LogP contribution < -0.4 is 5.32 Å². The van der Waals surface area contributed by atoms with Gasteiger partial charge in [0.2, 0.25) is 0 Å². The maximum absolute atomic E-state index is 12.5. The molecule has 0 aliphatic carbocycles. The SMILES string of the molecule is Cl.O=C(N[C@@H]1CN2CCC1CC2)c1nsc2cc(O)ccc12. The first-order valence-electron chi connectivity index (χ1n) is 7.32. The summed E-state index contributed by atoms with van der Waals surface area (Å²) in [5.41, 5.74) is 0.478. The molecule has 1 amide bonds. The van der Waals surface area contributed by atoms with Crippen LogP contribution in [0.5, 0.6) is 5.75 Å². The predicted molar refractivity (Wildman–Crippen MR) is 89.0 cm³/mol. The van der Waals surface area contributed by atoms with Crippen molar-refractivity contribution in [2.45, 2.75) is 18.9 Å². The molecule has 2 bridgehead atoms. The molecule has 118 valence electrons. The van der Waals surface area contributed by atoms with Gasteiger partial charge in [-0.1, -0.05) is 0 Å². The van der Waals surface area contributed by atoms with Crippen molar-refractivity contribution in [2.75, 3.05) is 19.6 Å². The van der Waals surface area contributed by atoms with Crippen molar-refractivity contribution >= 4 is 39.9 Å².